The van der Waals surface area contributed by atoms with Crippen LogP contribution in [0.2, 0.25) is 0 Å². The van der Waals surface area contributed by atoms with Crippen LogP contribution in [-0.4, -0.2) is 47.7 Å². The number of phenols is 1. The zero-order valence-corrected chi connectivity index (χ0v) is 19.7. The van der Waals surface area contributed by atoms with Gasteiger partial charge in [0.05, 0.1) is 5.56 Å². The smallest absolute Gasteiger partial charge is 0.258 e. The van der Waals surface area contributed by atoms with Crippen molar-refractivity contribution in [2.24, 2.45) is 0 Å². The minimum absolute atomic E-state index is 0.0675. The molecule has 0 aliphatic carbocycles. The van der Waals surface area contributed by atoms with Crippen LogP contribution in [-0.2, 0) is 0 Å². The molecule has 168 valence electrons. The molecule has 0 fully saturated rings. The number of unbranched alkanes of at least 4 members (excludes halogenated alkanes) is 3. The van der Waals surface area contributed by atoms with Crippen molar-refractivity contribution in [3.05, 3.63) is 28.3 Å². The number of ether oxygens (including phenoxy) is 1. The summed E-state index contributed by atoms with van der Waals surface area (Å²) in [5.74, 6) is 0.655. The molecule has 1 heterocycles. The van der Waals surface area contributed by atoms with Crippen LogP contribution in [0.5, 0.6) is 11.5 Å². The molecule has 1 atom stereocenters. The van der Waals surface area contributed by atoms with E-state index in [0.29, 0.717) is 29.8 Å². The monoisotopic (exact) mass is 416 g/mol. The lowest BCUT2D eigenvalue weighted by atomic mass is 9.89. The van der Waals surface area contributed by atoms with E-state index in [2.05, 4.69) is 25.2 Å². The van der Waals surface area contributed by atoms with Crippen molar-refractivity contribution in [3.63, 3.8) is 0 Å². The quantitative estimate of drug-likeness (QED) is 0.486. The fourth-order valence-corrected chi connectivity index (χ4v) is 4.00. The Morgan fingerprint density at radius 2 is 1.90 bits per heavy atom. The predicted molar refractivity (Wildman–Crippen MR) is 125 cm³/mol. The molecule has 0 bridgehead atoms. The van der Waals surface area contributed by atoms with Gasteiger partial charge in [0.1, 0.15) is 17.1 Å². The third-order valence-corrected chi connectivity index (χ3v) is 6.16. The van der Waals surface area contributed by atoms with Crippen molar-refractivity contribution in [3.8, 4) is 11.5 Å². The summed E-state index contributed by atoms with van der Waals surface area (Å²) in [5, 5.41) is 14.2. The highest BCUT2D eigenvalue weighted by atomic mass is 16.5. The molecule has 0 saturated carbocycles. The Morgan fingerprint density at radius 3 is 2.53 bits per heavy atom. The number of amides is 1. The highest BCUT2D eigenvalue weighted by Gasteiger charge is 2.33. The highest BCUT2D eigenvalue weighted by molar-refractivity contribution is 6.02. The molecule has 0 radical (unpaired) electrons. The maximum absolute atomic E-state index is 13.4. The van der Waals surface area contributed by atoms with Crippen LogP contribution in [0.25, 0.3) is 6.08 Å². The van der Waals surface area contributed by atoms with Gasteiger partial charge in [0, 0.05) is 25.2 Å². The fraction of sp³-hybridized carbons (Fsp3) is 0.640. The van der Waals surface area contributed by atoms with Crippen molar-refractivity contribution in [2.45, 2.75) is 79.2 Å². The Morgan fingerprint density at radius 1 is 1.17 bits per heavy atom. The molecule has 5 nitrogen and oxygen atoms in total. The number of fused-ring (bicyclic) bond motifs is 1. The topological polar surface area (TPSA) is 61.8 Å². The van der Waals surface area contributed by atoms with Gasteiger partial charge in [-0.25, -0.2) is 0 Å². The summed E-state index contributed by atoms with van der Waals surface area (Å²) >= 11 is 0. The molecule has 30 heavy (non-hydrogen) atoms. The van der Waals surface area contributed by atoms with E-state index in [-0.39, 0.29) is 17.3 Å². The molecule has 5 heteroatoms. The van der Waals surface area contributed by atoms with E-state index in [1.54, 1.807) is 4.90 Å². The molecular formula is C25H40N2O3. The van der Waals surface area contributed by atoms with Crippen LogP contribution in [0, 0.1) is 13.8 Å². The normalized spacial score (nSPS) is 17.5. The zero-order chi connectivity index (χ0) is 22.3. The zero-order valence-electron chi connectivity index (χ0n) is 19.7. The number of likely N-dealkylation sites (N-methyl/N-ethyl adjacent to an activating group) is 2. The summed E-state index contributed by atoms with van der Waals surface area (Å²) in [7, 11) is 0. The summed E-state index contributed by atoms with van der Waals surface area (Å²) in [6.45, 7) is 14.9. The summed E-state index contributed by atoms with van der Waals surface area (Å²) in [6, 6.07) is 0. The van der Waals surface area contributed by atoms with Crippen molar-refractivity contribution < 1.29 is 14.6 Å². The minimum atomic E-state index is -0.384. The highest BCUT2D eigenvalue weighted by Crippen LogP contribution is 2.44. The summed E-state index contributed by atoms with van der Waals surface area (Å²) in [5.41, 5.74) is 2.29. The number of nitrogens with zero attached hydrogens (tertiary/aromatic N) is 1. The van der Waals surface area contributed by atoms with Gasteiger partial charge in [-0.05, 0) is 64.3 Å². The maximum atomic E-state index is 13.4. The number of benzene rings is 1. The Hall–Kier alpha value is -2.01. The van der Waals surface area contributed by atoms with Gasteiger partial charge in [0.15, 0.2) is 0 Å². The van der Waals surface area contributed by atoms with E-state index in [9.17, 15) is 9.90 Å². The van der Waals surface area contributed by atoms with E-state index in [1.165, 1.54) is 19.3 Å². The van der Waals surface area contributed by atoms with Crippen molar-refractivity contribution in [1.29, 1.82) is 0 Å². The van der Waals surface area contributed by atoms with E-state index in [1.807, 2.05) is 33.8 Å². The first kappa shape index (κ1) is 24.3. The van der Waals surface area contributed by atoms with Gasteiger partial charge >= 0.3 is 0 Å². The van der Waals surface area contributed by atoms with Crippen LogP contribution < -0.4 is 10.1 Å². The largest absolute Gasteiger partial charge is 0.507 e. The van der Waals surface area contributed by atoms with Gasteiger partial charge in [-0.15, -0.1) is 0 Å². The molecule has 1 unspecified atom stereocenters. The number of carbonyl (C=O) groups excluding carboxylic acids is 1. The summed E-state index contributed by atoms with van der Waals surface area (Å²) in [4.78, 5) is 15.2. The number of carbonyl (C=O) groups is 1. The molecule has 1 aromatic carbocycles. The SMILES string of the molecule is CCCCCCC1(C)C=Cc2c(c(C)c(C)c(O)c2C(=O)N(CC)CCNCC)O1. The average Bonchev–Trinajstić information content (AvgIpc) is 2.73. The Labute approximate surface area is 182 Å². The Bertz CT molecular complexity index is 772. The van der Waals surface area contributed by atoms with E-state index in [0.717, 1.165) is 37.2 Å². The second-order valence-corrected chi connectivity index (χ2v) is 8.51. The van der Waals surface area contributed by atoms with Crippen LogP contribution in [0.4, 0.5) is 0 Å². The van der Waals surface area contributed by atoms with Crippen LogP contribution in [0.15, 0.2) is 6.08 Å². The number of aromatic hydroxyl groups is 1. The molecule has 1 aliphatic heterocycles. The fourth-order valence-electron chi connectivity index (χ4n) is 4.00. The summed E-state index contributed by atoms with van der Waals surface area (Å²) < 4.78 is 6.49. The minimum Gasteiger partial charge on any atom is -0.507 e. The molecule has 1 aromatic rings. The van der Waals surface area contributed by atoms with Crippen LogP contribution in [0.3, 0.4) is 0 Å². The van der Waals surface area contributed by atoms with Crippen molar-refractivity contribution in [2.75, 3.05) is 26.2 Å². The average molecular weight is 417 g/mol. The molecular weight excluding hydrogens is 376 g/mol. The van der Waals surface area contributed by atoms with Crippen LogP contribution >= 0.6 is 0 Å². The Kier molecular flexibility index (Phi) is 8.78. The molecule has 1 aliphatic rings. The van der Waals surface area contributed by atoms with Gasteiger partial charge in [-0.3, -0.25) is 4.79 Å². The summed E-state index contributed by atoms with van der Waals surface area (Å²) in [6.07, 6.45) is 9.74. The van der Waals surface area contributed by atoms with Gasteiger partial charge in [0.2, 0.25) is 0 Å². The third-order valence-electron chi connectivity index (χ3n) is 6.16. The van der Waals surface area contributed by atoms with Crippen molar-refractivity contribution >= 4 is 12.0 Å². The first-order valence-electron chi connectivity index (χ1n) is 11.5. The molecule has 2 rings (SSSR count). The number of phenolic OH excluding ortho intramolecular Hbond substituents is 1. The lowest BCUT2D eigenvalue weighted by molar-refractivity contribution is 0.0758. The lowest BCUT2D eigenvalue weighted by Gasteiger charge is -2.35. The third kappa shape index (κ3) is 5.37. The first-order valence-corrected chi connectivity index (χ1v) is 11.5. The van der Waals surface area contributed by atoms with E-state index < -0.39 is 0 Å². The maximum Gasteiger partial charge on any atom is 0.258 e. The number of rotatable bonds is 11. The van der Waals surface area contributed by atoms with Gasteiger partial charge < -0.3 is 20.1 Å². The standard InChI is InChI=1S/C25H40N2O3/c1-7-10-11-12-14-25(6)15-13-20-21(22(28)18(4)19(5)23(20)30-25)24(29)27(9-3)17-16-26-8-2/h13,15,26,28H,7-12,14,16-17H2,1-6H3. The molecule has 0 saturated heterocycles. The van der Waals surface area contributed by atoms with Gasteiger partial charge in [-0.1, -0.05) is 39.2 Å². The molecule has 0 spiro atoms. The van der Waals surface area contributed by atoms with E-state index in [4.69, 9.17) is 4.74 Å². The number of hydrogen-bond acceptors (Lipinski definition) is 4. The second kappa shape index (κ2) is 10.9. The molecule has 1 amide bonds. The van der Waals surface area contributed by atoms with E-state index >= 15 is 0 Å². The van der Waals surface area contributed by atoms with Crippen LogP contribution in [0.1, 0.15) is 86.8 Å². The molecule has 0 aromatic heterocycles. The van der Waals surface area contributed by atoms with Gasteiger partial charge in [0.25, 0.3) is 5.91 Å². The predicted octanol–water partition coefficient (Wildman–Crippen LogP) is 5.22. The first-order chi connectivity index (χ1) is 14.3. The lowest BCUT2D eigenvalue weighted by Crippen LogP contribution is -2.38. The number of nitrogens with one attached hydrogen (secondary N) is 1. The Balaban J connectivity index is 2.37. The van der Waals surface area contributed by atoms with Gasteiger partial charge in [-0.2, -0.15) is 0 Å². The second-order valence-electron chi connectivity index (χ2n) is 8.51. The van der Waals surface area contributed by atoms with Crippen molar-refractivity contribution in [1.82, 2.24) is 10.2 Å². The number of hydrogen-bond donors (Lipinski definition) is 2. The molecule has 2 N–H and O–H groups in total.